The highest BCUT2D eigenvalue weighted by atomic mass is 19.4. The van der Waals surface area contributed by atoms with Gasteiger partial charge >= 0.3 is 12.1 Å². The number of hydrogen-bond donors (Lipinski definition) is 2. The van der Waals surface area contributed by atoms with Crippen LogP contribution in [0.1, 0.15) is 19.5 Å². The van der Waals surface area contributed by atoms with E-state index < -0.39 is 36.3 Å². The molecule has 9 heteroatoms. The number of alkyl halides is 3. The molecule has 1 atom stereocenters. The minimum absolute atomic E-state index is 0.347. The molecule has 1 unspecified atom stereocenters. The van der Waals surface area contributed by atoms with Crippen molar-refractivity contribution in [2.75, 3.05) is 0 Å². The van der Waals surface area contributed by atoms with E-state index >= 15 is 0 Å². The lowest BCUT2D eigenvalue weighted by molar-refractivity contribution is -0.143. The highest BCUT2D eigenvalue weighted by Crippen LogP contribution is 2.27. The third-order valence-corrected chi connectivity index (χ3v) is 2.49. The van der Waals surface area contributed by atoms with Gasteiger partial charge in [-0.05, 0) is 12.0 Å². The molecule has 1 aromatic rings. The number of carboxylic acid groups (broad SMARTS) is 1. The smallest absolute Gasteiger partial charge is 0.435 e. The zero-order valence-electron chi connectivity index (χ0n) is 10.8. The van der Waals surface area contributed by atoms with Crippen molar-refractivity contribution in [2.45, 2.75) is 32.6 Å². The molecular weight excluding hydrogens is 279 g/mol. The number of carbonyl (C=O) groups is 2. The van der Waals surface area contributed by atoms with E-state index in [4.69, 9.17) is 5.11 Å². The van der Waals surface area contributed by atoms with Crippen LogP contribution in [-0.4, -0.2) is 32.8 Å². The van der Waals surface area contributed by atoms with Gasteiger partial charge in [0.15, 0.2) is 5.69 Å². The molecule has 1 amide bonds. The van der Waals surface area contributed by atoms with Crippen molar-refractivity contribution in [1.29, 1.82) is 0 Å². The van der Waals surface area contributed by atoms with Crippen LogP contribution in [0.25, 0.3) is 0 Å². The fourth-order valence-electron chi connectivity index (χ4n) is 1.48. The van der Waals surface area contributed by atoms with E-state index in [9.17, 15) is 22.8 Å². The first-order valence-electron chi connectivity index (χ1n) is 5.74. The van der Waals surface area contributed by atoms with Crippen LogP contribution in [0.15, 0.2) is 12.3 Å². The van der Waals surface area contributed by atoms with Gasteiger partial charge in [0.05, 0.1) is 0 Å². The quantitative estimate of drug-likeness (QED) is 0.852. The summed E-state index contributed by atoms with van der Waals surface area (Å²) in [6.07, 6.45) is -3.57. The van der Waals surface area contributed by atoms with Gasteiger partial charge < -0.3 is 10.4 Å². The largest absolute Gasteiger partial charge is 0.480 e. The molecule has 1 aromatic heterocycles. The van der Waals surface area contributed by atoms with E-state index in [2.05, 4.69) is 10.4 Å². The summed E-state index contributed by atoms with van der Waals surface area (Å²) >= 11 is 0. The molecule has 0 radical (unpaired) electrons. The lowest BCUT2D eigenvalue weighted by Crippen LogP contribution is -2.45. The number of hydrogen-bond acceptors (Lipinski definition) is 3. The number of halogens is 3. The summed E-state index contributed by atoms with van der Waals surface area (Å²) in [6.45, 7) is 2.73. The van der Waals surface area contributed by atoms with Gasteiger partial charge in [-0.25, -0.2) is 4.79 Å². The van der Waals surface area contributed by atoms with Crippen LogP contribution in [-0.2, 0) is 22.3 Å². The van der Waals surface area contributed by atoms with Crippen LogP contribution in [0.5, 0.6) is 0 Å². The van der Waals surface area contributed by atoms with E-state index in [-0.39, 0.29) is 5.92 Å². The third-order valence-electron chi connectivity index (χ3n) is 2.49. The molecular formula is C11H14F3N3O3. The molecule has 0 bridgehead atoms. The highest BCUT2D eigenvalue weighted by molar-refractivity contribution is 5.83. The molecule has 0 aliphatic heterocycles. The normalized spacial score (nSPS) is 13.3. The topological polar surface area (TPSA) is 84.2 Å². The number of carboxylic acids is 1. The van der Waals surface area contributed by atoms with Crippen molar-refractivity contribution >= 4 is 11.9 Å². The summed E-state index contributed by atoms with van der Waals surface area (Å²) in [7, 11) is 0. The Balaban J connectivity index is 2.67. The standard InChI is InChI=1S/C11H14F3N3O3/c1-6(2)9(10(19)20)15-8(18)5-17-4-3-7(16-17)11(12,13)14/h3-4,6,9H,5H2,1-2H3,(H,15,18)(H,19,20). The van der Waals surface area contributed by atoms with Crippen molar-refractivity contribution in [2.24, 2.45) is 5.92 Å². The Hall–Kier alpha value is -2.06. The van der Waals surface area contributed by atoms with Crippen molar-refractivity contribution in [1.82, 2.24) is 15.1 Å². The zero-order chi connectivity index (χ0) is 15.5. The van der Waals surface area contributed by atoms with Crippen molar-refractivity contribution in [3.05, 3.63) is 18.0 Å². The molecule has 0 aromatic carbocycles. The average Bonchev–Trinajstić information content (AvgIpc) is 2.73. The first kappa shape index (κ1) is 16.0. The number of aliphatic carboxylic acids is 1. The van der Waals surface area contributed by atoms with Crippen molar-refractivity contribution in [3.8, 4) is 0 Å². The van der Waals surface area contributed by atoms with Gasteiger partial charge in [-0.1, -0.05) is 13.8 Å². The van der Waals surface area contributed by atoms with Gasteiger partial charge in [0.2, 0.25) is 5.91 Å². The molecule has 0 aliphatic carbocycles. The lowest BCUT2D eigenvalue weighted by atomic mass is 10.1. The second-order valence-electron chi connectivity index (χ2n) is 4.52. The van der Waals surface area contributed by atoms with Gasteiger partial charge in [-0.3, -0.25) is 9.48 Å². The van der Waals surface area contributed by atoms with E-state index in [0.717, 1.165) is 16.9 Å². The SMILES string of the molecule is CC(C)C(NC(=O)Cn1ccc(C(F)(F)F)n1)C(=O)O. The second kappa shape index (κ2) is 5.93. The summed E-state index contributed by atoms with van der Waals surface area (Å²) in [6, 6.07) is -0.357. The van der Waals surface area contributed by atoms with Gasteiger partial charge in [-0.2, -0.15) is 18.3 Å². The molecule has 1 heterocycles. The van der Waals surface area contributed by atoms with E-state index in [1.54, 1.807) is 13.8 Å². The first-order valence-corrected chi connectivity index (χ1v) is 5.74. The molecule has 6 nitrogen and oxygen atoms in total. The summed E-state index contributed by atoms with van der Waals surface area (Å²) in [5.41, 5.74) is -1.11. The van der Waals surface area contributed by atoms with Crippen LogP contribution >= 0.6 is 0 Å². The molecule has 0 aliphatic rings. The Kier molecular flexibility index (Phi) is 4.74. The van der Waals surface area contributed by atoms with Gasteiger partial charge in [-0.15, -0.1) is 0 Å². The molecule has 0 saturated heterocycles. The zero-order valence-corrected chi connectivity index (χ0v) is 10.8. The number of carbonyl (C=O) groups excluding carboxylic acids is 1. The number of nitrogens with one attached hydrogen (secondary N) is 1. The number of rotatable bonds is 5. The molecule has 0 fully saturated rings. The maximum absolute atomic E-state index is 12.3. The first-order chi connectivity index (χ1) is 9.11. The lowest BCUT2D eigenvalue weighted by Gasteiger charge is -2.17. The monoisotopic (exact) mass is 293 g/mol. The minimum atomic E-state index is -4.58. The van der Waals surface area contributed by atoms with Gasteiger partial charge in [0.25, 0.3) is 0 Å². The maximum Gasteiger partial charge on any atom is 0.435 e. The molecule has 2 N–H and O–H groups in total. The van der Waals surface area contributed by atoms with Crippen LogP contribution in [0.3, 0.4) is 0 Å². The fraction of sp³-hybridized carbons (Fsp3) is 0.545. The minimum Gasteiger partial charge on any atom is -0.480 e. The van der Waals surface area contributed by atoms with Crippen LogP contribution in [0, 0.1) is 5.92 Å². The van der Waals surface area contributed by atoms with Crippen molar-refractivity contribution < 1.29 is 27.9 Å². The molecule has 0 saturated carbocycles. The van der Waals surface area contributed by atoms with Crippen LogP contribution < -0.4 is 5.32 Å². The summed E-state index contributed by atoms with van der Waals surface area (Å²) < 4.78 is 37.7. The van der Waals surface area contributed by atoms with Crippen LogP contribution in [0.4, 0.5) is 13.2 Å². The van der Waals surface area contributed by atoms with Crippen molar-refractivity contribution in [3.63, 3.8) is 0 Å². The highest BCUT2D eigenvalue weighted by Gasteiger charge is 2.33. The Bertz CT molecular complexity index is 497. The van der Waals surface area contributed by atoms with Gasteiger partial charge in [0.1, 0.15) is 12.6 Å². The predicted molar refractivity (Wildman–Crippen MR) is 61.6 cm³/mol. The summed E-state index contributed by atoms with van der Waals surface area (Å²) in [4.78, 5) is 22.5. The Morgan fingerprint density at radius 2 is 2.05 bits per heavy atom. The molecule has 0 spiro atoms. The Morgan fingerprint density at radius 3 is 2.45 bits per heavy atom. The number of nitrogens with zero attached hydrogens (tertiary/aromatic N) is 2. The summed E-state index contributed by atoms with van der Waals surface area (Å²) in [5.74, 6) is -2.27. The Morgan fingerprint density at radius 1 is 1.45 bits per heavy atom. The molecule has 20 heavy (non-hydrogen) atoms. The van der Waals surface area contributed by atoms with E-state index in [1.807, 2.05) is 0 Å². The van der Waals surface area contributed by atoms with Gasteiger partial charge in [0, 0.05) is 6.20 Å². The fourth-order valence-corrected chi connectivity index (χ4v) is 1.48. The third kappa shape index (κ3) is 4.25. The number of aromatic nitrogens is 2. The maximum atomic E-state index is 12.3. The van der Waals surface area contributed by atoms with Crippen LogP contribution in [0.2, 0.25) is 0 Å². The summed E-state index contributed by atoms with van der Waals surface area (Å²) in [5, 5.41) is 14.3. The molecule has 112 valence electrons. The van der Waals surface area contributed by atoms with E-state index in [1.165, 1.54) is 0 Å². The Labute approximate surface area is 112 Å². The predicted octanol–water partition coefficient (Wildman–Crippen LogP) is 1.13. The average molecular weight is 293 g/mol. The van der Waals surface area contributed by atoms with E-state index in [0.29, 0.717) is 0 Å². The number of amides is 1. The second-order valence-corrected chi connectivity index (χ2v) is 4.52. The molecule has 1 rings (SSSR count).